The van der Waals surface area contributed by atoms with Gasteiger partial charge in [-0.05, 0) is 26.8 Å². The Hall–Kier alpha value is -3.07. The summed E-state index contributed by atoms with van der Waals surface area (Å²) in [5.41, 5.74) is 1.72. The number of pyridine rings is 1. The van der Waals surface area contributed by atoms with Gasteiger partial charge in [-0.25, -0.2) is 9.07 Å². The molecule has 0 bridgehead atoms. The van der Waals surface area contributed by atoms with Crippen LogP contribution in [-0.4, -0.2) is 45.2 Å². The Bertz CT molecular complexity index is 1070. The van der Waals surface area contributed by atoms with Gasteiger partial charge < -0.3 is 14.2 Å². The van der Waals surface area contributed by atoms with Gasteiger partial charge in [0.25, 0.3) is 5.56 Å². The average Bonchev–Trinajstić information content (AvgIpc) is 3.03. The fourth-order valence-corrected chi connectivity index (χ4v) is 3.61. The molecule has 1 aliphatic rings. The lowest BCUT2D eigenvalue weighted by molar-refractivity contribution is -0.00525. The predicted octanol–water partition coefficient (Wildman–Crippen LogP) is 2.40. The average molecular weight is 399 g/mol. The summed E-state index contributed by atoms with van der Waals surface area (Å²) in [6.45, 7) is 7.26. The molecule has 0 N–H and O–H groups in total. The van der Waals surface area contributed by atoms with Gasteiger partial charge in [0.2, 0.25) is 0 Å². The van der Waals surface area contributed by atoms with E-state index >= 15 is 0 Å². The molecule has 3 aromatic rings. The van der Waals surface area contributed by atoms with E-state index in [1.54, 1.807) is 19.2 Å². The highest BCUT2D eigenvalue weighted by Crippen LogP contribution is 2.27. The van der Waals surface area contributed by atoms with E-state index in [2.05, 4.69) is 20.1 Å². The van der Waals surface area contributed by atoms with Gasteiger partial charge in [-0.1, -0.05) is 5.16 Å². The minimum Gasteiger partial charge on any atom is -0.372 e. The maximum atomic E-state index is 14.2. The number of anilines is 1. The number of nitrogens with zero attached hydrogens (tertiary/aromatic N) is 5. The van der Waals surface area contributed by atoms with Crippen LogP contribution in [0.1, 0.15) is 25.2 Å². The first-order valence-corrected chi connectivity index (χ1v) is 9.45. The molecule has 0 radical (unpaired) electrons. The van der Waals surface area contributed by atoms with Gasteiger partial charge in [-0.2, -0.15) is 5.10 Å². The minimum atomic E-state index is -0.506. The molecule has 3 aromatic heterocycles. The van der Waals surface area contributed by atoms with E-state index in [0.29, 0.717) is 30.1 Å². The summed E-state index contributed by atoms with van der Waals surface area (Å²) >= 11 is 0. The Labute approximate surface area is 166 Å². The second-order valence-corrected chi connectivity index (χ2v) is 7.29. The summed E-state index contributed by atoms with van der Waals surface area (Å²) < 4.78 is 26.5. The molecule has 8 nitrogen and oxygen atoms in total. The first kappa shape index (κ1) is 19.3. The Morgan fingerprint density at radius 3 is 2.69 bits per heavy atom. The monoisotopic (exact) mass is 399 g/mol. The lowest BCUT2D eigenvalue weighted by Crippen LogP contribution is -2.46. The van der Waals surface area contributed by atoms with Gasteiger partial charge >= 0.3 is 0 Å². The molecule has 0 saturated carbocycles. The van der Waals surface area contributed by atoms with Crippen molar-refractivity contribution < 1.29 is 13.7 Å². The van der Waals surface area contributed by atoms with Crippen LogP contribution < -0.4 is 10.5 Å². The van der Waals surface area contributed by atoms with Crippen LogP contribution in [0.25, 0.3) is 11.3 Å². The van der Waals surface area contributed by atoms with E-state index < -0.39 is 5.82 Å². The van der Waals surface area contributed by atoms with E-state index in [1.807, 2.05) is 13.8 Å². The Morgan fingerprint density at radius 1 is 1.24 bits per heavy atom. The molecular formula is C20H22FN5O3. The van der Waals surface area contributed by atoms with Crippen molar-refractivity contribution in [3.05, 3.63) is 58.2 Å². The third kappa shape index (κ3) is 3.91. The largest absolute Gasteiger partial charge is 0.372 e. The van der Waals surface area contributed by atoms with Gasteiger partial charge in [0.15, 0.2) is 5.82 Å². The summed E-state index contributed by atoms with van der Waals surface area (Å²) in [4.78, 5) is 18.6. The standard InChI is InChI=1S/C20H22FN5O3/c1-12-9-25(10-13(2)28-12)15-6-19(27)26(23-7-15)11-17-14(3)29-24-20(17)16-4-5-22-8-18(16)21/h4-8,12-13H,9-11H2,1-3H3/t12-,13+. The molecule has 1 saturated heterocycles. The Morgan fingerprint density at radius 2 is 2.00 bits per heavy atom. The number of aryl methyl sites for hydroxylation is 1. The quantitative estimate of drug-likeness (QED) is 0.666. The van der Waals surface area contributed by atoms with Crippen molar-refractivity contribution in [1.29, 1.82) is 0 Å². The van der Waals surface area contributed by atoms with E-state index in [1.165, 1.54) is 16.9 Å². The molecule has 0 aromatic carbocycles. The molecule has 4 rings (SSSR count). The molecule has 0 unspecified atom stereocenters. The molecule has 152 valence electrons. The van der Waals surface area contributed by atoms with Crippen LogP contribution in [0.5, 0.6) is 0 Å². The highest BCUT2D eigenvalue weighted by Gasteiger charge is 2.24. The molecule has 9 heteroatoms. The van der Waals surface area contributed by atoms with Crippen LogP contribution in [0.3, 0.4) is 0 Å². The number of aromatic nitrogens is 4. The SMILES string of the molecule is Cc1onc(-c2ccncc2F)c1Cn1ncc(N2C[C@@H](C)O[C@@H](C)C2)cc1=O. The summed E-state index contributed by atoms with van der Waals surface area (Å²) in [7, 11) is 0. The Balaban J connectivity index is 1.62. The maximum absolute atomic E-state index is 14.2. The van der Waals surface area contributed by atoms with Crippen molar-refractivity contribution in [2.24, 2.45) is 0 Å². The molecule has 4 heterocycles. The van der Waals surface area contributed by atoms with Crippen LogP contribution in [0, 0.1) is 12.7 Å². The molecule has 0 spiro atoms. The van der Waals surface area contributed by atoms with Crippen LogP contribution in [-0.2, 0) is 11.3 Å². The number of hydrogen-bond donors (Lipinski definition) is 0. The van der Waals surface area contributed by atoms with E-state index in [-0.39, 0.29) is 29.9 Å². The topological polar surface area (TPSA) is 86.3 Å². The third-order valence-electron chi connectivity index (χ3n) is 4.96. The zero-order chi connectivity index (χ0) is 20.5. The van der Waals surface area contributed by atoms with E-state index in [4.69, 9.17) is 9.26 Å². The summed E-state index contributed by atoms with van der Waals surface area (Å²) in [6.07, 6.45) is 4.43. The third-order valence-corrected chi connectivity index (χ3v) is 4.96. The fourth-order valence-electron chi connectivity index (χ4n) is 3.61. The van der Waals surface area contributed by atoms with Crippen molar-refractivity contribution in [3.8, 4) is 11.3 Å². The minimum absolute atomic E-state index is 0.0821. The molecule has 2 atom stereocenters. The number of halogens is 1. The fraction of sp³-hybridized carbons (Fsp3) is 0.400. The molecule has 0 aliphatic carbocycles. The second kappa shape index (κ2) is 7.75. The smallest absolute Gasteiger partial charge is 0.269 e. The first-order valence-electron chi connectivity index (χ1n) is 9.45. The van der Waals surface area contributed by atoms with Crippen molar-refractivity contribution in [2.75, 3.05) is 18.0 Å². The van der Waals surface area contributed by atoms with E-state index in [9.17, 15) is 9.18 Å². The zero-order valence-electron chi connectivity index (χ0n) is 16.5. The first-order chi connectivity index (χ1) is 13.9. The van der Waals surface area contributed by atoms with Crippen LogP contribution in [0.4, 0.5) is 10.1 Å². The second-order valence-electron chi connectivity index (χ2n) is 7.29. The summed E-state index contributed by atoms with van der Waals surface area (Å²) in [5, 5.41) is 8.30. The van der Waals surface area contributed by atoms with Crippen LogP contribution >= 0.6 is 0 Å². The molecule has 1 fully saturated rings. The van der Waals surface area contributed by atoms with Crippen LogP contribution in [0.15, 0.2) is 40.0 Å². The number of rotatable bonds is 4. The van der Waals surface area contributed by atoms with Gasteiger partial charge in [0.1, 0.15) is 11.5 Å². The lowest BCUT2D eigenvalue weighted by Gasteiger charge is -2.36. The Kier molecular flexibility index (Phi) is 5.14. The van der Waals surface area contributed by atoms with Crippen molar-refractivity contribution >= 4 is 5.69 Å². The van der Waals surface area contributed by atoms with Gasteiger partial charge in [0.05, 0.1) is 36.8 Å². The number of morpholine rings is 1. The molecule has 29 heavy (non-hydrogen) atoms. The highest BCUT2D eigenvalue weighted by atomic mass is 19.1. The summed E-state index contributed by atoms with van der Waals surface area (Å²) in [5.74, 6) is -0.00178. The lowest BCUT2D eigenvalue weighted by atomic mass is 10.1. The highest BCUT2D eigenvalue weighted by molar-refractivity contribution is 5.63. The zero-order valence-corrected chi connectivity index (χ0v) is 16.5. The van der Waals surface area contributed by atoms with Crippen molar-refractivity contribution in [1.82, 2.24) is 19.9 Å². The van der Waals surface area contributed by atoms with Gasteiger partial charge in [0, 0.05) is 36.5 Å². The van der Waals surface area contributed by atoms with Gasteiger partial charge in [-0.3, -0.25) is 9.78 Å². The number of hydrogen-bond acceptors (Lipinski definition) is 7. The molecule has 1 aliphatic heterocycles. The maximum Gasteiger partial charge on any atom is 0.269 e. The molecule has 0 amide bonds. The number of ether oxygens (including phenoxy) is 1. The van der Waals surface area contributed by atoms with E-state index in [0.717, 1.165) is 11.9 Å². The van der Waals surface area contributed by atoms with Crippen molar-refractivity contribution in [2.45, 2.75) is 39.5 Å². The summed E-state index contributed by atoms with van der Waals surface area (Å²) in [6, 6.07) is 3.09. The van der Waals surface area contributed by atoms with Crippen molar-refractivity contribution in [3.63, 3.8) is 0 Å². The molecular weight excluding hydrogens is 377 g/mol. The predicted molar refractivity (Wildman–Crippen MR) is 104 cm³/mol. The normalized spacial score (nSPS) is 19.5. The van der Waals surface area contributed by atoms with Gasteiger partial charge in [-0.15, -0.1) is 0 Å². The van der Waals surface area contributed by atoms with Crippen LogP contribution in [0.2, 0.25) is 0 Å².